The minimum absolute atomic E-state index is 0.0910. The van der Waals surface area contributed by atoms with Crippen molar-refractivity contribution in [1.82, 2.24) is 15.6 Å². The highest BCUT2D eigenvalue weighted by Crippen LogP contribution is 2.23. The van der Waals surface area contributed by atoms with Crippen LogP contribution in [0.1, 0.15) is 25.3 Å². The lowest BCUT2D eigenvalue weighted by Crippen LogP contribution is -2.39. The van der Waals surface area contributed by atoms with E-state index in [2.05, 4.69) is 15.6 Å². The van der Waals surface area contributed by atoms with Crippen molar-refractivity contribution < 1.29 is 13.9 Å². The molecule has 0 radical (unpaired) electrons. The Bertz CT molecular complexity index is 633. The highest BCUT2D eigenvalue weighted by Gasteiger charge is 2.12. The number of amides is 2. The van der Waals surface area contributed by atoms with Crippen LogP contribution >= 0.6 is 0 Å². The Morgan fingerprint density at radius 2 is 2.00 bits per heavy atom. The van der Waals surface area contributed by atoms with Gasteiger partial charge in [-0.2, -0.15) is 0 Å². The first-order chi connectivity index (χ1) is 10.5. The first kappa shape index (κ1) is 15.9. The number of urea groups is 1. The Kier molecular flexibility index (Phi) is 5.04. The lowest BCUT2D eigenvalue weighted by Gasteiger charge is -2.08. The topological polar surface area (TPSA) is 76.4 Å². The van der Waals surface area contributed by atoms with Crippen LogP contribution < -0.4 is 15.4 Å². The molecule has 2 N–H and O–H groups in total. The van der Waals surface area contributed by atoms with Gasteiger partial charge < -0.3 is 19.8 Å². The summed E-state index contributed by atoms with van der Waals surface area (Å²) >= 11 is 0. The van der Waals surface area contributed by atoms with Gasteiger partial charge in [-0.3, -0.25) is 0 Å². The molecule has 0 fully saturated rings. The van der Waals surface area contributed by atoms with Crippen molar-refractivity contribution >= 4 is 6.03 Å². The molecule has 0 saturated heterocycles. The van der Waals surface area contributed by atoms with Gasteiger partial charge in [0.1, 0.15) is 17.2 Å². The maximum absolute atomic E-state index is 11.6. The fraction of sp³-hybridized carbons (Fsp3) is 0.375. The molecule has 6 nitrogen and oxygen atoms in total. The molecular formula is C16H21N3O3. The number of rotatable bonds is 5. The first-order valence-electron chi connectivity index (χ1n) is 7.14. The monoisotopic (exact) mass is 303 g/mol. The summed E-state index contributed by atoms with van der Waals surface area (Å²) in [5.74, 6) is 2.00. The molecule has 0 saturated carbocycles. The van der Waals surface area contributed by atoms with E-state index in [9.17, 15) is 4.79 Å². The number of methoxy groups -OCH3 is 1. The average molecular weight is 303 g/mol. The third kappa shape index (κ3) is 4.00. The molecule has 1 aromatic heterocycles. The molecule has 0 unspecified atom stereocenters. The highest BCUT2D eigenvalue weighted by atomic mass is 16.5. The van der Waals surface area contributed by atoms with Crippen LogP contribution in [0.15, 0.2) is 28.7 Å². The van der Waals surface area contributed by atoms with Crippen molar-refractivity contribution in [1.29, 1.82) is 0 Å². The van der Waals surface area contributed by atoms with Crippen LogP contribution in [0.3, 0.4) is 0 Å². The third-order valence-electron chi connectivity index (χ3n) is 3.07. The van der Waals surface area contributed by atoms with E-state index in [0.717, 1.165) is 11.3 Å². The predicted octanol–water partition coefficient (Wildman–Crippen LogP) is 2.87. The number of nitrogens with one attached hydrogen (secondary N) is 2. The number of benzene rings is 1. The fourth-order valence-corrected chi connectivity index (χ4v) is 1.93. The molecule has 1 heterocycles. The van der Waals surface area contributed by atoms with E-state index >= 15 is 0 Å². The number of hydrogen-bond acceptors (Lipinski definition) is 4. The van der Waals surface area contributed by atoms with Crippen LogP contribution in [-0.2, 0) is 6.54 Å². The first-order valence-corrected chi connectivity index (χ1v) is 7.14. The van der Waals surface area contributed by atoms with Gasteiger partial charge in [0.05, 0.1) is 13.7 Å². The molecule has 0 aliphatic carbocycles. The third-order valence-corrected chi connectivity index (χ3v) is 3.07. The number of oxazole rings is 1. The van der Waals surface area contributed by atoms with Crippen LogP contribution in [0.25, 0.3) is 11.5 Å². The van der Waals surface area contributed by atoms with Gasteiger partial charge >= 0.3 is 6.03 Å². The van der Waals surface area contributed by atoms with Gasteiger partial charge in [-0.25, -0.2) is 9.78 Å². The van der Waals surface area contributed by atoms with E-state index in [4.69, 9.17) is 9.15 Å². The van der Waals surface area contributed by atoms with Crippen molar-refractivity contribution in [3.8, 4) is 17.2 Å². The van der Waals surface area contributed by atoms with E-state index in [1.807, 2.05) is 45.0 Å². The van der Waals surface area contributed by atoms with Gasteiger partial charge in [-0.1, -0.05) is 0 Å². The second-order valence-corrected chi connectivity index (χ2v) is 5.23. The summed E-state index contributed by atoms with van der Waals surface area (Å²) < 4.78 is 10.8. The molecule has 0 aliphatic rings. The Morgan fingerprint density at radius 1 is 1.32 bits per heavy atom. The molecule has 2 rings (SSSR count). The smallest absolute Gasteiger partial charge is 0.315 e. The molecule has 118 valence electrons. The van der Waals surface area contributed by atoms with Crippen LogP contribution in [0.4, 0.5) is 4.79 Å². The number of ether oxygens (including phenoxy) is 1. The standard InChI is InChI=1S/C16H21N3O3/c1-10(2)18-16(20)17-9-14-11(3)22-15(19-14)12-5-7-13(21-4)8-6-12/h5-8,10H,9H2,1-4H3,(H2,17,18,20). The molecule has 1 aromatic carbocycles. The van der Waals surface area contributed by atoms with Crippen LogP contribution in [-0.4, -0.2) is 24.2 Å². The van der Waals surface area contributed by atoms with Crippen molar-refractivity contribution in [3.63, 3.8) is 0 Å². The van der Waals surface area contributed by atoms with Crippen LogP contribution in [0.2, 0.25) is 0 Å². The highest BCUT2D eigenvalue weighted by molar-refractivity contribution is 5.74. The Hall–Kier alpha value is -2.50. The molecule has 6 heteroatoms. The lowest BCUT2D eigenvalue weighted by molar-refractivity contribution is 0.238. The van der Waals surface area contributed by atoms with Crippen molar-refractivity contribution in [3.05, 3.63) is 35.7 Å². The summed E-state index contributed by atoms with van der Waals surface area (Å²) in [5, 5.41) is 5.52. The number of hydrogen-bond donors (Lipinski definition) is 2. The molecule has 0 spiro atoms. The van der Waals surface area contributed by atoms with Gasteiger partial charge in [0, 0.05) is 11.6 Å². The second kappa shape index (κ2) is 6.98. The summed E-state index contributed by atoms with van der Waals surface area (Å²) in [7, 11) is 1.62. The van der Waals surface area contributed by atoms with Crippen molar-refractivity contribution in [2.24, 2.45) is 0 Å². The Labute approximate surface area is 129 Å². The minimum Gasteiger partial charge on any atom is -0.497 e. The lowest BCUT2D eigenvalue weighted by atomic mass is 10.2. The zero-order valence-electron chi connectivity index (χ0n) is 13.3. The summed E-state index contributed by atoms with van der Waals surface area (Å²) in [4.78, 5) is 16.0. The minimum atomic E-state index is -0.219. The normalized spacial score (nSPS) is 10.6. The molecule has 0 bridgehead atoms. The van der Waals surface area contributed by atoms with Gasteiger partial charge in [0.2, 0.25) is 5.89 Å². The zero-order valence-corrected chi connectivity index (χ0v) is 13.3. The number of nitrogens with zero attached hydrogens (tertiary/aromatic N) is 1. The summed E-state index contributed by atoms with van der Waals surface area (Å²) in [6.45, 7) is 5.97. The molecule has 22 heavy (non-hydrogen) atoms. The number of aromatic nitrogens is 1. The van der Waals surface area contributed by atoms with E-state index in [1.165, 1.54) is 0 Å². The Morgan fingerprint density at radius 3 is 2.59 bits per heavy atom. The quantitative estimate of drug-likeness (QED) is 0.890. The average Bonchev–Trinajstić information content (AvgIpc) is 2.86. The summed E-state index contributed by atoms with van der Waals surface area (Å²) in [6, 6.07) is 7.34. The molecule has 2 amide bonds. The molecule has 0 atom stereocenters. The van der Waals surface area contributed by atoms with Gasteiger partial charge in [0.15, 0.2) is 0 Å². The van der Waals surface area contributed by atoms with Gasteiger partial charge in [-0.15, -0.1) is 0 Å². The number of carbonyl (C=O) groups is 1. The van der Waals surface area contributed by atoms with E-state index in [1.54, 1.807) is 7.11 Å². The molecule has 2 aromatic rings. The fourth-order valence-electron chi connectivity index (χ4n) is 1.93. The SMILES string of the molecule is COc1ccc(-c2nc(CNC(=O)NC(C)C)c(C)o2)cc1. The number of aryl methyl sites for hydroxylation is 1. The van der Waals surface area contributed by atoms with E-state index in [-0.39, 0.29) is 12.1 Å². The second-order valence-electron chi connectivity index (χ2n) is 5.23. The van der Waals surface area contributed by atoms with Gasteiger partial charge in [0.25, 0.3) is 0 Å². The zero-order chi connectivity index (χ0) is 16.1. The van der Waals surface area contributed by atoms with Crippen molar-refractivity contribution in [2.75, 3.05) is 7.11 Å². The maximum Gasteiger partial charge on any atom is 0.315 e. The summed E-state index contributed by atoms with van der Waals surface area (Å²) in [6.07, 6.45) is 0. The largest absolute Gasteiger partial charge is 0.497 e. The number of carbonyl (C=O) groups excluding carboxylic acids is 1. The Balaban J connectivity index is 2.05. The van der Waals surface area contributed by atoms with Crippen LogP contribution in [0, 0.1) is 6.92 Å². The molecule has 0 aliphatic heterocycles. The molecular weight excluding hydrogens is 282 g/mol. The van der Waals surface area contributed by atoms with E-state index < -0.39 is 0 Å². The van der Waals surface area contributed by atoms with Crippen LogP contribution in [0.5, 0.6) is 5.75 Å². The maximum atomic E-state index is 11.6. The van der Waals surface area contributed by atoms with E-state index in [0.29, 0.717) is 23.9 Å². The summed E-state index contributed by atoms with van der Waals surface area (Å²) in [5.41, 5.74) is 1.58. The van der Waals surface area contributed by atoms with Gasteiger partial charge in [-0.05, 0) is 45.0 Å². The van der Waals surface area contributed by atoms with Crippen molar-refractivity contribution in [2.45, 2.75) is 33.4 Å². The predicted molar refractivity (Wildman–Crippen MR) is 83.7 cm³/mol.